The van der Waals surface area contributed by atoms with Crippen LogP contribution in [0.15, 0.2) is 12.1 Å². The number of unbranched alkanes of at least 4 members (excludes halogenated alkanes) is 5. The van der Waals surface area contributed by atoms with Crippen molar-refractivity contribution in [1.82, 2.24) is 5.32 Å². The molecule has 0 aliphatic heterocycles. The van der Waals surface area contributed by atoms with Crippen LogP contribution in [0.3, 0.4) is 0 Å². The van der Waals surface area contributed by atoms with Crippen molar-refractivity contribution in [3.05, 3.63) is 33.8 Å². The molecule has 2 heteroatoms. The Bertz CT molecular complexity index is 414. The maximum atomic E-state index is 6.47. The van der Waals surface area contributed by atoms with Gasteiger partial charge in [-0.3, -0.25) is 0 Å². The molecule has 120 valence electrons. The van der Waals surface area contributed by atoms with E-state index in [4.69, 9.17) is 11.6 Å². The van der Waals surface area contributed by atoms with E-state index in [9.17, 15) is 0 Å². The number of nitrogens with one attached hydrogen (secondary N) is 1. The molecule has 1 aromatic rings. The molecule has 1 aromatic carbocycles. The minimum atomic E-state index is 0.396. The molecular formula is C19H32ClN. The quantitative estimate of drug-likeness (QED) is 0.496. The third-order valence-electron chi connectivity index (χ3n) is 4.29. The van der Waals surface area contributed by atoms with Crippen molar-refractivity contribution in [3.8, 4) is 0 Å². The van der Waals surface area contributed by atoms with Crippen LogP contribution in [0, 0.1) is 13.8 Å². The Balaban J connectivity index is 2.58. The number of hydrogen-bond acceptors (Lipinski definition) is 1. The van der Waals surface area contributed by atoms with E-state index in [0.29, 0.717) is 6.04 Å². The SMILES string of the molecule is CCCCCCCCC(NCC)c1cc(C)c(C)cc1Cl. The molecule has 21 heavy (non-hydrogen) atoms. The molecule has 1 atom stereocenters. The molecule has 1 unspecified atom stereocenters. The number of hydrogen-bond donors (Lipinski definition) is 1. The van der Waals surface area contributed by atoms with Crippen LogP contribution < -0.4 is 5.32 Å². The number of benzene rings is 1. The Labute approximate surface area is 136 Å². The van der Waals surface area contributed by atoms with Gasteiger partial charge in [0.05, 0.1) is 0 Å². The molecule has 1 N–H and O–H groups in total. The summed E-state index contributed by atoms with van der Waals surface area (Å²) in [4.78, 5) is 0. The van der Waals surface area contributed by atoms with Gasteiger partial charge in [-0.25, -0.2) is 0 Å². The monoisotopic (exact) mass is 309 g/mol. The molecule has 0 heterocycles. The molecule has 1 rings (SSSR count). The summed E-state index contributed by atoms with van der Waals surface area (Å²) in [5.41, 5.74) is 3.88. The molecule has 1 nitrogen and oxygen atoms in total. The third-order valence-corrected chi connectivity index (χ3v) is 4.61. The largest absolute Gasteiger partial charge is 0.310 e. The van der Waals surface area contributed by atoms with Gasteiger partial charge in [-0.05, 0) is 49.6 Å². The minimum Gasteiger partial charge on any atom is -0.310 e. The number of rotatable bonds is 10. The second kappa shape index (κ2) is 10.2. The highest BCUT2D eigenvalue weighted by Gasteiger charge is 2.14. The molecule has 0 saturated heterocycles. The fraction of sp³-hybridized carbons (Fsp3) is 0.684. The molecule has 0 amide bonds. The van der Waals surface area contributed by atoms with Crippen molar-refractivity contribution in [2.75, 3.05) is 6.54 Å². The number of aryl methyl sites for hydroxylation is 2. The van der Waals surface area contributed by atoms with Gasteiger partial charge in [0.15, 0.2) is 0 Å². The van der Waals surface area contributed by atoms with Gasteiger partial charge in [0, 0.05) is 11.1 Å². The standard InChI is InChI=1S/C19H32ClN/c1-5-7-8-9-10-11-12-19(21-6-2)17-13-15(3)16(4)14-18(17)20/h13-14,19,21H,5-12H2,1-4H3. The summed E-state index contributed by atoms with van der Waals surface area (Å²) in [6.45, 7) is 9.72. The molecule has 0 aliphatic rings. The van der Waals surface area contributed by atoms with Crippen LogP contribution in [-0.4, -0.2) is 6.54 Å². The summed E-state index contributed by atoms with van der Waals surface area (Å²) in [6, 6.07) is 4.77. The minimum absolute atomic E-state index is 0.396. The van der Waals surface area contributed by atoms with Gasteiger partial charge in [0.2, 0.25) is 0 Å². The van der Waals surface area contributed by atoms with Crippen LogP contribution in [-0.2, 0) is 0 Å². The second-order valence-electron chi connectivity index (χ2n) is 6.12. The van der Waals surface area contributed by atoms with Crippen LogP contribution in [0.4, 0.5) is 0 Å². The van der Waals surface area contributed by atoms with Gasteiger partial charge < -0.3 is 5.32 Å². The zero-order valence-electron chi connectivity index (χ0n) is 14.3. The van der Waals surface area contributed by atoms with E-state index >= 15 is 0 Å². The van der Waals surface area contributed by atoms with Crippen LogP contribution >= 0.6 is 11.6 Å². The lowest BCUT2D eigenvalue weighted by molar-refractivity contribution is 0.477. The fourth-order valence-electron chi connectivity index (χ4n) is 2.81. The zero-order valence-corrected chi connectivity index (χ0v) is 15.0. The highest BCUT2D eigenvalue weighted by Crippen LogP contribution is 2.29. The summed E-state index contributed by atoms with van der Waals surface area (Å²) in [6.07, 6.45) is 9.25. The lowest BCUT2D eigenvalue weighted by Crippen LogP contribution is -2.21. The third kappa shape index (κ3) is 6.40. The average molecular weight is 310 g/mol. The molecule has 0 spiro atoms. The lowest BCUT2D eigenvalue weighted by atomic mass is 9.96. The van der Waals surface area contributed by atoms with Crippen LogP contribution in [0.1, 0.15) is 81.5 Å². The molecule has 0 aromatic heterocycles. The lowest BCUT2D eigenvalue weighted by Gasteiger charge is -2.21. The van der Waals surface area contributed by atoms with Gasteiger partial charge in [-0.1, -0.05) is 70.0 Å². The smallest absolute Gasteiger partial charge is 0.0456 e. The van der Waals surface area contributed by atoms with Gasteiger partial charge >= 0.3 is 0 Å². The normalized spacial score (nSPS) is 12.6. The highest BCUT2D eigenvalue weighted by atomic mass is 35.5. The molecule has 0 fully saturated rings. The molecular weight excluding hydrogens is 278 g/mol. The molecule has 0 radical (unpaired) electrons. The second-order valence-corrected chi connectivity index (χ2v) is 6.53. The first kappa shape index (κ1) is 18.5. The van der Waals surface area contributed by atoms with Crippen molar-refractivity contribution in [2.24, 2.45) is 0 Å². The maximum absolute atomic E-state index is 6.47. The van der Waals surface area contributed by atoms with Crippen molar-refractivity contribution in [2.45, 2.75) is 78.7 Å². The van der Waals surface area contributed by atoms with Crippen LogP contribution in [0.2, 0.25) is 5.02 Å². The first-order valence-electron chi connectivity index (χ1n) is 8.60. The fourth-order valence-corrected chi connectivity index (χ4v) is 3.16. The summed E-state index contributed by atoms with van der Waals surface area (Å²) in [5.74, 6) is 0. The highest BCUT2D eigenvalue weighted by molar-refractivity contribution is 6.31. The van der Waals surface area contributed by atoms with E-state index in [-0.39, 0.29) is 0 Å². The predicted octanol–water partition coefficient (Wildman–Crippen LogP) is 6.36. The van der Waals surface area contributed by atoms with E-state index in [0.717, 1.165) is 11.6 Å². The Morgan fingerprint density at radius 1 is 0.952 bits per heavy atom. The molecule has 0 aliphatic carbocycles. The predicted molar refractivity (Wildman–Crippen MR) is 95.3 cm³/mol. The van der Waals surface area contributed by atoms with Gasteiger partial charge in [0.25, 0.3) is 0 Å². The summed E-state index contributed by atoms with van der Waals surface area (Å²) >= 11 is 6.47. The van der Waals surface area contributed by atoms with E-state index in [1.165, 1.54) is 61.6 Å². The van der Waals surface area contributed by atoms with Crippen molar-refractivity contribution < 1.29 is 0 Å². The van der Waals surface area contributed by atoms with Crippen LogP contribution in [0.25, 0.3) is 0 Å². The Kier molecular flexibility index (Phi) is 9.03. The van der Waals surface area contributed by atoms with Gasteiger partial charge in [-0.15, -0.1) is 0 Å². The first-order valence-corrected chi connectivity index (χ1v) is 8.98. The topological polar surface area (TPSA) is 12.0 Å². The van der Waals surface area contributed by atoms with Crippen molar-refractivity contribution in [1.29, 1.82) is 0 Å². The van der Waals surface area contributed by atoms with Crippen LogP contribution in [0.5, 0.6) is 0 Å². The Morgan fingerprint density at radius 3 is 2.24 bits per heavy atom. The Hall–Kier alpha value is -0.530. The van der Waals surface area contributed by atoms with E-state index in [2.05, 4.69) is 45.1 Å². The number of halogens is 1. The Morgan fingerprint density at radius 2 is 1.57 bits per heavy atom. The summed E-state index contributed by atoms with van der Waals surface area (Å²) in [7, 11) is 0. The van der Waals surface area contributed by atoms with E-state index in [1.807, 2.05) is 0 Å². The first-order chi connectivity index (χ1) is 10.1. The van der Waals surface area contributed by atoms with Gasteiger partial charge in [-0.2, -0.15) is 0 Å². The maximum Gasteiger partial charge on any atom is 0.0456 e. The van der Waals surface area contributed by atoms with Crippen molar-refractivity contribution >= 4 is 11.6 Å². The molecule has 0 bridgehead atoms. The van der Waals surface area contributed by atoms with E-state index < -0.39 is 0 Å². The summed E-state index contributed by atoms with van der Waals surface area (Å²) in [5, 5.41) is 4.52. The average Bonchev–Trinajstić information content (AvgIpc) is 2.45. The van der Waals surface area contributed by atoms with E-state index in [1.54, 1.807) is 0 Å². The van der Waals surface area contributed by atoms with Gasteiger partial charge in [0.1, 0.15) is 0 Å². The summed E-state index contributed by atoms with van der Waals surface area (Å²) < 4.78 is 0. The molecule has 0 saturated carbocycles. The zero-order chi connectivity index (χ0) is 15.7. The van der Waals surface area contributed by atoms with Crippen molar-refractivity contribution in [3.63, 3.8) is 0 Å².